The summed E-state index contributed by atoms with van der Waals surface area (Å²) < 4.78 is 11.5. The number of nitrogens with zero attached hydrogens (tertiary/aromatic N) is 2. The minimum Gasteiger partial charge on any atom is -0.487 e. The molecule has 1 aromatic carbocycles. The van der Waals surface area contributed by atoms with Crippen LogP contribution >= 0.6 is 11.6 Å². The van der Waals surface area contributed by atoms with Crippen molar-refractivity contribution >= 4 is 17.6 Å². The molecule has 1 aliphatic rings. The Hall–Kier alpha value is -1.46. The van der Waals surface area contributed by atoms with Crippen LogP contribution in [0.3, 0.4) is 0 Å². The number of rotatable bonds is 8. The Labute approximate surface area is 156 Å². The summed E-state index contributed by atoms with van der Waals surface area (Å²) in [4.78, 5) is 6.96. The first-order valence-corrected chi connectivity index (χ1v) is 9.50. The Balaban J connectivity index is 1.96. The van der Waals surface area contributed by atoms with Gasteiger partial charge in [0.05, 0.1) is 18.2 Å². The zero-order valence-corrected chi connectivity index (χ0v) is 16.3. The minimum absolute atomic E-state index is 0.00299. The Bertz CT molecular complexity index is 547. The van der Waals surface area contributed by atoms with Crippen LogP contribution in [0.25, 0.3) is 0 Å². The molecule has 0 bridgehead atoms. The maximum absolute atomic E-state index is 6.19. The number of ether oxygens (including phenoxy) is 2. The fourth-order valence-corrected chi connectivity index (χ4v) is 3.01. The maximum atomic E-state index is 6.19. The van der Waals surface area contributed by atoms with Crippen molar-refractivity contribution in [2.45, 2.75) is 32.8 Å². The Morgan fingerprint density at radius 3 is 2.88 bits per heavy atom. The van der Waals surface area contributed by atoms with Crippen LogP contribution in [0.15, 0.2) is 29.3 Å². The van der Waals surface area contributed by atoms with Crippen molar-refractivity contribution < 1.29 is 9.47 Å². The first-order chi connectivity index (χ1) is 12.1. The lowest BCUT2D eigenvalue weighted by Gasteiger charge is -2.25. The summed E-state index contributed by atoms with van der Waals surface area (Å²) in [5.41, 5.74) is 0. The topological polar surface area (TPSA) is 46.1 Å². The van der Waals surface area contributed by atoms with E-state index in [0.717, 1.165) is 45.1 Å². The van der Waals surface area contributed by atoms with Crippen LogP contribution < -0.4 is 10.1 Å². The number of nitrogens with one attached hydrogen (secondary N) is 1. The van der Waals surface area contributed by atoms with Gasteiger partial charge >= 0.3 is 0 Å². The van der Waals surface area contributed by atoms with Gasteiger partial charge in [-0.3, -0.25) is 0 Å². The van der Waals surface area contributed by atoms with Crippen LogP contribution in [-0.4, -0.2) is 56.9 Å². The number of hydrogen-bond acceptors (Lipinski definition) is 3. The van der Waals surface area contributed by atoms with Crippen molar-refractivity contribution in [3.8, 4) is 5.75 Å². The lowest BCUT2D eigenvalue weighted by molar-refractivity contribution is 0.181. The van der Waals surface area contributed by atoms with Crippen LogP contribution in [0.1, 0.15) is 26.7 Å². The minimum atomic E-state index is -0.00299. The molecule has 5 nitrogen and oxygen atoms in total. The molecule has 1 saturated heterocycles. The van der Waals surface area contributed by atoms with Crippen molar-refractivity contribution in [3.05, 3.63) is 29.3 Å². The molecule has 0 saturated carbocycles. The number of para-hydroxylation sites is 1. The van der Waals surface area contributed by atoms with Gasteiger partial charge in [-0.25, -0.2) is 4.99 Å². The van der Waals surface area contributed by atoms with E-state index in [9.17, 15) is 0 Å². The van der Waals surface area contributed by atoms with Gasteiger partial charge in [-0.2, -0.15) is 0 Å². The lowest BCUT2D eigenvalue weighted by Crippen LogP contribution is -2.42. The summed E-state index contributed by atoms with van der Waals surface area (Å²) in [6.07, 6.45) is 1.99. The summed E-state index contributed by atoms with van der Waals surface area (Å²) in [5.74, 6) is 2.21. The van der Waals surface area contributed by atoms with Gasteiger partial charge in [-0.15, -0.1) is 0 Å². The van der Waals surface area contributed by atoms with Gasteiger partial charge in [0.1, 0.15) is 11.9 Å². The van der Waals surface area contributed by atoms with E-state index in [2.05, 4.69) is 31.1 Å². The van der Waals surface area contributed by atoms with Crippen LogP contribution in [0.5, 0.6) is 5.75 Å². The highest BCUT2D eigenvalue weighted by atomic mass is 35.5. The van der Waals surface area contributed by atoms with E-state index >= 15 is 0 Å². The highest BCUT2D eigenvalue weighted by Gasteiger charge is 2.19. The predicted molar refractivity (Wildman–Crippen MR) is 104 cm³/mol. The zero-order chi connectivity index (χ0) is 18.1. The molecule has 2 atom stereocenters. The summed E-state index contributed by atoms with van der Waals surface area (Å²) >= 11 is 6.19. The second kappa shape index (κ2) is 10.5. The lowest BCUT2D eigenvalue weighted by atomic mass is 10.1. The van der Waals surface area contributed by atoms with E-state index in [1.54, 1.807) is 0 Å². The van der Waals surface area contributed by atoms with Gasteiger partial charge < -0.3 is 19.7 Å². The molecule has 1 heterocycles. The molecule has 2 rings (SSSR count). The van der Waals surface area contributed by atoms with Crippen molar-refractivity contribution in [1.29, 1.82) is 0 Å². The molecule has 25 heavy (non-hydrogen) atoms. The molecule has 1 N–H and O–H groups in total. The Morgan fingerprint density at radius 1 is 1.44 bits per heavy atom. The molecule has 0 spiro atoms. The first kappa shape index (κ1) is 19.9. The van der Waals surface area contributed by atoms with E-state index in [1.165, 1.54) is 0 Å². The highest BCUT2D eigenvalue weighted by Crippen LogP contribution is 2.24. The van der Waals surface area contributed by atoms with Crippen LogP contribution in [0, 0.1) is 5.92 Å². The third-order valence-electron chi connectivity index (χ3n) is 4.28. The fraction of sp³-hybridized carbons (Fsp3) is 0.632. The summed E-state index contributed by atoms with van der Waals surface area (Å²) in [6.45, 7) is 8.28. The normalized spacial score (nSPS) is 18.9. The third-order valence-corrected chi connectivity index (χ3v) is 4.60. The van der Waals surface area contributed by atoms with Crippen molar-refractivity contribution in [2.75, 3.05) is 39.9 Å². The standard InChI is InChI=1S/C19H30ClN3O2/c1-4-16(25-18-9-7-6-8-17(18)20)12-22-19(21-5-2)23(3)13-15-10-11-24-14-15/h6-9,15-16H,4-5,10-14H2,1-3H3,(H,21,22). The van der Waals surface area contributed by atoms with Crippen molar-refractivity contribution in [2.24, 2.45) is 10.9 Å². The average Bonchev–Trinajstić information content (AvgIpc) is 3.11. The summed E-state index contributed by atoms with van der Waals surface area (Å²) in [7, 11) is 2.08. The van der Waals surface area contributed by atoms with Gasteiger partial charge in [-0.1, -0.05) is 30.7 Å². The quantitative estimate of drug-likeness (QED) is 0.564. The largest absolute Gasteiger partial charge is 0.487 e. The van der Waals surface area contributed by atoms with Gasteiger partial charge in [0, 0.05) is 32.7 Å². The van der Waals surface area contributed by atoms with E-state index in [-0.39, 0.29) is 6.10 Å². The predicted octanol–water partition coefficient (Wildman–Crippen LogP) is 3.43. The second-order valence-corrected chi connectivity index (χ2v) is 6.79. The molecule has 0 aromatic heterocycles. The molecular weight excluding hydrogens is 338 g/mol. The van der Waals surface area contributed by atoms with Crippen LogP contribution in [-0.2, 0) is 4.74 Å². The molecule has 140 valence electrons. The number of benzene rings is 1. The van der Waals surface area contributed by atoms with Gasteiger partial charge in [0.2, 0.25) is 0 Å². The molecule has 1 fully saturated rings. The van der Waals surface area contributed by atoms with E-state index in [1.807, 2.05) is 24.3 Å². The number of aliphatic imine (C=N–C) groups is 1. The van der Waals surface area contributed by atoms with E-state index < -0.39 is 0 Å². The van der Waals surface area contributed by atoms with Crippen LogP contribution in [0.2, 0.25) is 5.02 Å². The van der Waals surface area contributed by atoms with Gasteiger partial charge in [0.25, 0.3) is 0 Å². The van der Waals surface area contributed by atoms with Crippen molar-refractivity contribution in [3.63, 3.8) is 0 Å². The van der Waals surface area contributed by atoms with Gasteiger partial charge in [-0.05, 0) is 31.9 Å². The number of hydrogen-bond donors (Lipinski definition) is 1. The molecular formula is C19H30ClN3O2. The Morgan fingerprint density at radius 2 is 2.24 bits per heavy atom. The number of halogens is 1. The average molecular weight is 368 g/mol. The van der Waals surface area contributed by atoms with Crippen molar-refractivity contribution in [1.82, 2.24) is 10.2 Å². The SMILES string of the molecule is CCNC(=NCC(CC)Oc1ccccc1Cl)N(C)CC1CCOC1. The monoisotopic (exact) mass is 367 g/mol. The van der Waals surface area contributed by atoms with Crippen LogP contribution in [0.4, 0.5) is 0 Å². The molecule has 1 aromatic rings. The molecule has 6 heteroatoms. The fourth-order valence-electron chi connectivity index (χ4n) is 2.83. The molecule has 0 radical (unpaired) electrons. The Kier molecular flexibility index (Phi) is 8.35. The van der Waals surface area contributed by atoms with E-state index in [4.69, 9.17) is 26.1 Å². The summed E-state index contributed by atoms with van der Waals surface area (Å²) in [5, 5.41) is 4.00. The first-order valence-electron chi connectivity index (χ1n) is 9.12. The molecule has 2 unspecified atom stereocenters. The second-order valence-electron chi connectivity index (χ2n) is 6.38. The summed E-state index contributed by atoms with van der Waals surface area (Å²) in [6, 6.07) is 7.57. The third kappa shape index (κ3) is 6.40. The molecule has 0 amide bonds. The number of guanidine groups is 1. The molecule has 1 aliphatic heterocycles. The smallest absolute Gasteiger partial charge is 0.193 e. The maximum Gasteiger partial charge on any atom is 0.193 e. The highest BCUT2D eigenvalue weighted by molar-refractivity contribution is 6.32. The van der Waals surface area contributed by atoms with Gasteiger partial charge in [0.15, 0.2) is 5.96 Å². The molecule has 0 aliphatic carbocycles. The zero-order valence-electron chi connectivity index (χ0n) is 15.5. The van der Waals surface area contributed by atoms with E-state index in [0.29, 0.717) is 23.2 Å².